The Balaban J connectivity index is 2.02. The maximum Gasteiger partial charge on any atom is 0.162 e. The van der Waals surface area contributed by atoms with Crippen molar-refractivity contribution in [3.8, 4) is 11.5 Å². The molecule has 0 amide bonds. The van der Waals surface area contributed by atoms with Gasteiger partial charge in [0.25, 0.3) is 0 Å². The lowest BCUT2D eigenvalue weighted by molar-refractivity contribution is 0.171. The molecule has 0 aromatic heterocycles. The number of benzene rings is 1. The van der Waals surface area contributed by atoms with Gasteiger partial charge < -0.3 is 14.8 Å². The molecule has 1 atom stereocenters. The van der Waals surface area contributed by atoms with E-state index in [9.17, 15) is 0 Å². The van der Waals surface area contributed by atoms with Gasteiger partial charge in [-0.15, -0.1) is 11.8 Å². The van der Waals surface area contributed by atoms with Crippen molar-refractivity contribution in [1.29, 1.82) is 0 Å². The van der Waals surface area contributed by atoms with E-state index in [0.29, 0.717) is 19.3 Å². The lowest BCUT2D eigenvalue weighted by atomic mass is 10.1. The predicted octanol–water partition coefficient (Wildman–Crippen LogP) is 3.85. The van der Waals surface area contributed by atoms with Gasteiger partial charge in [-0.05, 0) is 37.3 Å². The Kier molecular flexibility index (Phi) is 6.05. The highest BCUT2D eigenvalue weighted by atomic mass is 32.2. The van der Waals surface area contributed by atoms with Crippen molar-refractivity contribution in [1.82, 2.24) is 5.32 Å². The minimum Gasteiger partial charge on any atom is -0.486 e. The van der Waals surface area contributed by atoms with Gasteiger partial charge in [0.1, 0.15) is 13.2 Å². The van der Waals surface area contributed by atoms with Crippen LogP contribution in [0.4, 0.5) is 0 Å². The SMILES string of the molecule is CCCCC(C)NCc1cc2c(cc1SC)OCCO2. The number of ether oxygens (including phenoxy) is 2. The van der Waals surface area contributed by atoms with Gasteiger partial charge in [0.05, 0.1) is 0 Å². The number of hydrogen-bond acceptors (Lipinski definition) is 4. The van der Waals surface area contributed by atoms with Gasteiger partial charge in [-0.25, -0.2) is 0 Å². The van der Waals surface area contributed by atoms with Crippen LogP contribution in [0.5, 0.6) is 11.5 Å². The lowest BCUT2D eigenvalue weighted by Crippen LogP contribution is -2.25. The number of rotatable bonds is 7. The first-order chi connectivity index (χ1) is 9.74. The highest BCUT2D eigenvalue weighted by molar-refractivity contribution is 7.98. The third-order valence-electron chi connectivity index (χ3n) is 3.58. The van der Waals surface area contributed by atoms with Crippen molar-refractivity contribution in [2.75, 3.05) is 19.5 Å². The van der Waals surface area contributed by atoms with E-state index >= 15 is 0 Å². The van der Waals surface area contributed by atoms with Crippen LogP contribution in [0.25, 0.3) is 0 Å². The second-order valence-electron chi connectivity index (χ2n) is 5.23. The lowest BCUT2D eigenvalue weighted by Gasteiger charge is -2.21. The van der Waals surface area contributed by atoms with Crippen LogP contribution in [0.2, 0.25) is 0 Å². The van der Waals surface area contributed by atoms with Crippen LogP contribution in [0, 0.1) is 0 Å². The van der Waals surface area contributed by atoms with E-state index in [0.717, 1.165) is 18.0 Å². The summed E-state index contributed by atoms with van der Waals surface area (Å²) in [5.41, 5.74) is 1.30. The molecule has 0 radical (unpaired) electrons. The number of unbranched alkanes of at least 4 members (excludes halogenated alkanes) is 1. The third-order valence-corrected chi connectivity index (χ3v) is 4.40. The molecule has 0 fully saturated rings. The van der Waals surface area contributed by atoms with E-state index < -0.39 is 0 Å². The summed E-state index contributed by atoms with van der Waals surface area (Å²) in [6.45, 7) is 6.67. The first kappa shape index (κ1) is 15.5. The smallest absolute Gasteiger partial charge is 0.162 e. The van der Waals surface area contributed by atoms with E-state index in [1.165, 1.54) is 29.7 Å². The van der Waals surface area contributed by atoms with Gasteiger partial charge in [-0.2, -0.15) is 0 Å². The Bertz CT molecular complexity index is 437. The van der Waals surface area contributed by atoms with Crippen molar-refractivity contribution >= 4 is 11.8 Å². The van der Waals surface area contributed by atoms with Crippen molar-refractivity contribution < 1.29 is 9.47 Å². The first-order valence-corrected chi connectivity index (χ1v) is 8.67. The minimum atomic E-state index is 0.554. The zero-order valence-corrected chi connectivity index (χ0v) is 13.5. The summed E-state index contributed by atoms with van der Waals surface area (Å²) in [7, 11) is 0. The predicted molar refractivity (Wildman–Crippen MR) is 85.0 cm³/mol. The first-order valence-electron chi connectivity index (χ1n) is 7.44. The molecule has 0 aliphatic carbocycles. The summed E-state index contributed by atoms with van der Waals surface area (Å²) >= 11 is 1.76. The molecule has 1 aliphatic rings. The van der Waals surface area contributed by atoms with Crippen LogP contribution in [0.1, 0.15) is 38.7 Å². The molecule has 4 heteroatoms. The average molecular weight is 295 g/mol. The van der Waals surface area contributed by atoms with Crippen LogP contribution >= 0.6 is 11.8 Å². The number of thioether (sulfide) groups is 1. The zero-order valence-electron chi connectivity index (χ0n) is 12.7. The molecule has 20 heavy (non-hydrogen) atoms. The summed E-state index contributed by atoms with van der Waals surface area (Å²) in [4.78, 5) is 1.27. The quantitative estimate of drug-likeness (QED) is 0.774. The standard InChI is InChI=1S/C16H25NO2S/c1-4-5-6-12(2)17-11-13-9-14-15(10-16(13)20-3)19-8-7-18-14/h9-10,12,17H,4-8,11H2,1-3H3. The van der Waals surface area contributed by atoms with Crippen LogP contribution in [0.15, 0.2) is 17.0 Å². The molecule has 112 valence electrons. The molecule has 3 nitrogen and oxygen atoms in total. The third kappa shape index (κ3) is 4.06. The van der Waals surface area contributed by atoms with Crippen molar-refractivity contribution in [3.63, 3.8) is 0 Å². The van der Waals surface area contributed by atoms with E-state index in [1.54, 1.807) is 11.8 Å². The van der Waals surface area contributed by atoms with Crippen molar-refractivity contribution in [3.05, 3.63) is 17.7 Å². The minimum absolute atomic E-state index is 0.554. The largest absolute Gasteiger partial charge is 0.486 e. The van der Waals surface area contributed by atoms with Gasteiger partial charge in [0.2, 0.25) is 0 Å². The molecule has 0 saturated carbocycles. The maximum absolute atomic E-state index is 5.67. The molecule has 1 aromatic rings. The van der Waals surface area contributed by atoms with Gasteiger partial charge in [0, 0.05) is 17.5 Å². The van der Waals surface area contributed by atoms with Gasteiger partial charge in [-0.1, -0.05) is 19.8 Å². The Hall–Kier alpha value is -0.870. The summed E-state index contributed by atoms with van der Waals surface area (Å²) < 4.78 is 11.3. The monoisotopic (exact) mass is 295 g/mol. The molecule has 1 N–H and O–H groups in total. The molecule has 1 aromatic carbocycles. The van der Waals surface area contributed by atoms with Crippen LogP contribution in [-0.4, -0.2) is 25.5 Å². The fraction of sp³-hybridized carbons (Fsp3) is 0.625. The van der Waals surface area contributed by atoms with Crippen molar-refractivity contribution in [2.24, 2.45) is 0 Å². The molecule has 0 bridgehead atoms. The topological polar surface area (TPSA) is 30.5 Å². The summed E-state index contributed by atoms with van der Waals surface area (Å²) in [6, 6.07) is 4.78. The molecule has 1 aliphatic heterocycles. The van der Waals surface area contributed by atoms with Crippen LogP contribution in [0.3, 0.4) is 0 Å². The molecular formula is C16H25NO2S. The summed E-state index contributed by atoms with van der Waals surface area (Å²) in [5, 5.41) is 3.61. The Morgan fingerprint density at radius 1 is 1.25 bits per heavy atom. The number of nitrogens with one attached hydrogen (secondary N) is 1. The second-order valence-corrected chi connectivity index (χ2v) is 6.08. The number of fused-ring (bicyclic) bond motifs is 1. The average Bonchev–Trinajstić information content (AvgIpc) is 2.49. The Morgan fingerprint density at radius 2 is 1.95 bits per heavy atom. The highest BCUT2D eigenvalue weighted by Gasteiger charge is 2.15. The molecule has 1 heterocycles. The summed E-state index contributed by atoms with van der Waals surface area (Å²) in [5.74, 6) is 1.76. The van der Waals surface area contributed by atoms with Gasteiger partial charge in [0.15, 0.2) is 11.5 Å². The maximum atomic E-state index is 5.67. The zero-order chi connectivity index (χ0) is 14.4. The fourth-order valence-corrected chi connectivity index (χ4v) is 2.96. The highest BCUT2D eigenvalue weighted by Crippen LogP contribution is 2.36. The normalized spacial score (nSPS) is 15.2. The molecule has 1 unspecified atom stereocenters. The van der Waals surface area contributed by atoms with E-state index in [1.807, 2.05) is 0 Å². The Morgan fingerprint density at radius 3 is 2.60 bits per heavy atom. The van der Waals surface area contributed by atoms with Gasteiger partial charge >= 0.3 is 0 Å². The molecule has 0 spiro atoms. The van der Waals surface area contributed by atoms with E-state index in [2.05, 4.69) is 37.6 Å². The van der Waals surface area contributed by atoms with Crippen molar-refractivity contribution in [2.45, 2.75) is 50.6 Å². The van der Waals surface area contributed by atoms with E-state index in [-0.39, 0.29) is 0 Å². The molecular weight excluding hydrogens is 270 g/mol. The second kappa shape index (κ2) is 7.79. The van der Waals surface area contributed by atoms with Gasteiger partial charge in [-0.3, -0.25) is 0 Å². The molecule has 0 saturated heterocycles. The number of hydrogen-bond donors (Lipinski definition) is 1. The van der Waals surface area contributed by atoms with Crippen LogP contribution < -0.4 is 14.8 Å². The molecule has 2 rings (SSSR count). The van der Waals surface area contributed by atoms with E-state index in [4.69, 9.17) is 9.47 Å². The Labute approximate surface area is 126 Å². The van der Waals surface area contributed by atoms with Crippen LogP contribution in [-0.2, 0) is 6.54 Å². The fourth-order valence-electron chi connectivity index (χ4n) is 2.34. The summed E-state index contributed by atoms with van der Waals surface area (Å²) in [6.07, 6.45) is 5.88.